The molecule has 0 aliphatic carbocycles. The molecule has 3 rings (SSSR count). The number of hydrogen-bond acceptors (Lipinski definition) is 3. The summed E-state index contributed by atoms with van der Waals surface area (Å²) in [4.78, 5) is 15.8. The van der Waals surface area contributed by atoms with Gasteiger partial charge in [-0.05, 0) is 57.2 Å². The van der Waals surface area contributed by atoms with Crippen LogP contribution in [0.4, 0.5) is 0 Å². The summed E-state index contributed by atoms with van der Waals surface area (Å²) in [5.41, 5.74) is 4.58. The molecule has 0 unspecified atom stereocenters. The third-order valence-electron chi connectivity index (χ3n) is 4.01. The third kappa shape index (κ3) is 3.65. The fraction of sp³-hybridized carbons (Fsp3) is 0.300. The average Bonchev–Trinajstić information content (AvgIpc) is 2.93. The van der Waals surface area contributed by atoms with E-state index in [-0.39, 0.29) is 12.5 Å². The van der Waals surface area contributed by atoms with Crippen LogP contribution < -0.4 is 4.74 Å². The summed E-state index contributed by atoms with van der Waals surface area (Å²) in [6, 6.07) is 13.7. The number of carboxylic acids is 1. The van der Waals surface area contributed by atoms with Crippen LogP contribution in [-0.4, -0.2) is 26.6 Å². The minimum atomic E-state index is -0.810. The van der Waals surface area contributed by atoms with Gasteiger partial charge in [-0.2, -0.15) is 0 Å². The van der Waals surface area contributed by atoms with Gasteiger partial charge in [0, 0.05) is 17.7 Å². The summed E-state index contributed by atoms with van der Waals surface area (Å²) in [6.45, 7) is 5.98. The predicted molar refractivity (Wildman–Crippen MR) is 97.1 cm³/mol. The number of aryl methyl sites for hydroxylation is 2. The Morgan fingerprint density at radius 2 is 1.92 bits per heavy atom. The summed E-state index contributed by atoms with van der Waals surface area (Å²) < 4.78 is 7.73. The zero-order valence-corrected chi connectivity index (χ0v) is 14.7. The molecule has 25 heavy (non-hydrogen) atoms. The van der Waals surface area contributed by atoms with Crippen LogP contribution in [0.2, 0.25) is 0 Å². The first-order valence-electron chi connectivity index (χ1n) is 8.41. The molecule has 2 aromatic heterocycles. The first-order chi connectivity index (χ1) is 12.0. The number of nitrogens with zero attached hydrogens (tertiary/aromatic N) is 2. The van der Waals surface area contributed by atoms with Gasteiger partial charge in [0.25, 0.3) is 0 Å². The molecule has 0 amide bonds. The van der Waals surface area contributed by atoms with Crippen molar-refractivity contribution in [3.8, 4) is 17.0 Å². The van der Waals surface area contributed by atoms with Crippen molar-refractivity contribution in [3.05, 3.63) is 53.9 Å². The number of imidazole rings is 1. The Bertz CT molecular complexity index is 895. The van der Waals surface area contributed by atoms with E-state index >= 15 is 0 Å². The number of ether oxygens (including phenoxy) is 1. The maximum atomic E-state index is 11.1. The number of aliphatic carboxylic acids is 1. The minimum Gasteiger partial charge on any atom is -0.491 e. The quantitative estimate of drug-likeness (QED) is 0.734. The normalized spacial score (nSPS) is 11.2. The first-order valence-corrected chi connectivity index (χ1v) is 8.41. The van der Waals surface area contributed by atoms with Crippen LogP contribution in [0.5, 0.6) is 5.75 Å². The molecule has 5 nitrogen and oxygen atoms in total. The highest BCUT2D eigenvalue weighted by molar-refractivity contribution is 5.70. The Labute approximate surface area is 146 Å². The number of rotatable bonds is 6. The lowest BCUT2D eigenvalue weighted by Gasteiger charge is -2.10. The van der Waals surface area contributed by atoms with Gasteiger partial charge in [0.05, 0.1) is 23.9 Å². The highest BCUT2D eigenvalue weighted by Crippen LogP contribution is 2.28. The highest BCUT2D eigenvalue weighted by atomic mass is 16.5. The molecule has 0 atom stereocenters. The largest absolute Gasteiger partial charge is 0.491 e. The van der Waals surface area contributed by atoms with E-state index in [2.05, 4.69) is 0 Å². The fourth-order valence-electron chi connectivity index (χ4n) is 2.98. The summed E-state index contributed by atoms with van der Waals surface area (Å²) in [5, 5.41) is 9.09. The number of aromatic nitrogens is 2. The van der Waals surface area contributed by atoms with Gasteiger partial charge in [-0.3, -0.25) is 4.79 Å². The van der Waals surface area contributed by atoms with Crippen molar-refractivity contribution < 1.29 is 14.6 Å². The van der Waals surface area contributed by atoms with Gasteiger partial charge in [-0.25, -0.2) is 4.98 Å². The molecule has 0 aliphatic heterocycles. The molecule has 0 fully saturated rings. The molecule has 2 heterocycles. The van der Waals surface area contributed by atoms with E-state index in [9.17, 15) is 4.79 Å². The maximum Gasteiger partial charge on any atom is 0.303 e. The van der Waals surface area contributed by atoms with E-state index in [0.29, 0.717) is 6.42 Å². The second-order valence-corrected chi connectivity index (χ2v) is 6.35. The highest BCUT2D eigenvalue weighted by Gasteiger charge is 2.16. The van der Waals surface area contributed by atoms with Gasteiger partial charge >= 0.3 is 5.97 Å². The van der Waals surface area contributed by atoms with E-state index in [1.165, 1.54) is 0 Å². The number of fused-ring (bicyclic) bond motifs is 1. The van der Waals surface area contributed by atoms with Crippen LogP contribution in [0, 0.1) is 6.92 Å². The minimum absolute atomic E-state index is 0.0731. The summed E-state index contributed by atoms with van der Waals surface area (Å²) >= 11 is 0. The molecule has 1 N–H and O–H groups in total. The molecule has 0 radical (unpaired) electrons. The van der Waals surface area contributed by atoms with Crippen LogP contribution in [0.25, 0.3) is 16.9 Å². The molecular weight excluding hydrogens is 316 g/mol. The van der Waals surface area contributed by atoms with Gasteiger partial charge in [0.1, 0.15) is 11.4 Å². The lowest BCUT2D eigenvalue weighted by molar-refractivity contribution is -0.136. The second-order valence-electron chi connectivity index (χ2n) is 6.35. The van der Waals surface area contributed by atoms with Crippen LogP contribution >= 0.6 is 0 Å². The molecule has 130 valence electrons. The lowest BCUT2D eigenvalue weighted by atomic mass is 10.1. The smallest absolute Gasteiger partial charge is 0.303 e. The van der Waals surface area contributed by atoms with Gasteiger partial charge in [-0.15, -0.1) is 0 Å². The van der Waals surface area contributed by atoms with E-state index < -0.39 is 5.97 Å². The molecule has 1 aromatic carbocycles. The SMILES string of the molecule is Cc1cccc2nc(-c3ccc(OC(C)C)cc3)c(CCC(=O)O)n12. The molecule has 0 spiro atoms. The van der Waals surface area contributed by atoms with E-state index in [0.717, 1.165) is 34.0 Å². The number of benzene rings is 1. The molecule has 0 bridgehead atoms. The Morgan fingerprint density at radius 1 is 1.20 bits per heavy atom. The molecule has 5 heteroatoms. The number of carbonyl (C=O) groups is 1. The average molecular weight is 338 g/mol. The predicted octanol–water partition coefficient (Wildman–Crippen LogP) is 4.11. The number of hydrogen-bond donors (Lipinski definition) is 1. The summed E-state index contributed by atoms with van der Waals surface area (Å²) in [5.74, 6) is 0.000876. The third-order valence-corrected chi connectivity index (χ3v) is 4.01. The van der Waals surface area contributed by atoms with Crippen molar-refractivity contribution in [2.45, 2.75) is 39.7 Å². The topological polar surface area (TPSA) is 63.8 Å². The van der Waals surface area contributed by atoms with E-state index in [4.69, 9.17) is 14.8 Å². The van der Waals surface area contributed by atoms with Crippen molar-refractivity contribution in [2.24, 2.45) is 0 Å². The van der Waals surface area contributed by atoms with Gasteiger partial charge < -0.3 is 14.2 Å². The molecular formula is C20H22N2O3. The first kappa shape index (κ1) is 17.0. The zero-order chi connectivity index (χ0) is 18.0. The fourth-order valence-corrected chi connectivity index (χ4v) is 2.98. The standard InChI is InChI=1S/C20H22N2O3/c1-13(2)25-16-9-7-15(8-10-16)20-17(11-12-19(23)24)22-14(3)5-4-6-18(22)21-20/h4-10,13H,11-12H2,1-3H3,(H,23,24). The molecule has 3 aromatic rings. The van der Waals surface area contributed by atoms with Crippen molar-refractivity contribution in [1.29, 1.82) is 0 Å². The Kier molecular flexibility index (Phi) is 4.74. The van der Waals surface area contributed by atoms with Gasteiger partial charge in [0.15, 0.2) is 0 Å². The van der Waals surface area contributed by atoms with Crippen LogP contribution in [0.1, 0.15) is 31.7 Å². The van der Waals surface area contributed by atoms with Crippen molar-refractivity contribution in [2.75, 3.05) is 0 Å². The van der Waals surface area contributed by atoms with E-state index in [1.807, 2.05) is 67.6 Å². The van der Waals surface area contributed by atoms with Crippen molar-refractivity contribution in [1.82, 2.24) is 9.38 Å². The monoisotopic (exact) mass is 338 g/mol. The van der Waals surface area contributed by atoms with Crippen molar-refractivity contribution in [3.63, 3.8) is 0 Å². The maximum absolute atomic E-state index is 11.1. The van der Waals surface area contributed by atoms with Crippen molar-refractivity contribution >= 4 is 11.6 Å². The van der Waals surface area contributed by atoms with E-state index in [1.54, 1.807) is 0 Å². The molecule has 0 aliphatic rings. The van der Waals surface area contributed by atoms with Gasteiger partial charge in [0.2, 0.25) is 0 Å². The van der Waals surface area contributed by atoms with Crippen LogP contribution in [-0.2, 0) is 11.2 Å². The number of carboxylic acid groups (broad SMARTS) is 1. The zero-order valence-electron chi connectivity index (χ0n) is 14.7. The Balaban J connectivity index is 2.06. The Morgan fingerprint density at radius 3 is 2.56 bits per heavy atom. The summed E-state index contributed by atoms with van der Waals surface area (Å²) in [7, 11) is 0. The molecule has 0 saturated carbocycles. The summed E-state index contributed by atoms with van der Waals surface area (Å²) in [6.07, 6.45) is 0.625. The van der Waals surface area contributed by atoms with Gasteiger partial charge in [-0.1, -0.05) is 6.07 Å². The van der Waals surface area contributed by atoms with Crippen LogP contribution in [0.3, 0.4) is 0 Å². The Hall–Kier alpha value is -2.82. The second kappa shape index (κ2) is 6.97. The lowest BCUT2D eigenvalue weighted by Crippen LogP contribution is -2.05. The van der Waals surface area contributed by atoms with Crippen LogP contribution in [0.15, 0.2) is 42.5 Å². The number of pyridine rings is 1. The molecule has 0 saturated heterocycles.